The van der Waals surface area contributed by atoms with Crippen LogP contribution in [0.15, 0.2) is 48.7 Å². The van der Waals surface area contributed by atoms with Gasteiger partial charge >= 0.3 is 6.03 Å². The molecule has 2 aromatic carbocycles. The maximum Gasteiger partial charge on any atom is 0.323 e. The minimum atomic E-state index is -1.82. The average molecular weight is 532 g/mol. The molecule has 4 rings (SSSR count). The molecule has 0 aliphatic carbocycles. The van der Waals surface area contributed by atoms with Crippen LogP contribution >= 0.6 is 11.6 Å². The van der Waals surface area contributed by atoms with Crippen LogP contribution in [-0.2, 0) is 22.6 Å². The molecule has 37 heavy (non-hydrogen) atoms. The summed E-state index contributed by atoms with van der Waals surface area (Å²) in [5.41, 5.74) is 4.92. The van der Waals surface area contributed by atoms with Gasteiger partial charge in [-0.3, -0.25) is 14.2 Å². The summed E-state index contributed by atoms with van der Waals surface area (Å²) < 4.78 is 31.3. The molecule has 0 bridgehead atoms. The number of fused-ring (bicyclic) bond motifs is 1. The molecular weight excluding hydrogens is 504 g/mol. The van der Waals surface area contributed by atoms with Gasteiger partial charge in [-0.25, -0.2) is 13.6 Å². The van der Waals surface area contributed by atoms with E-state index < -0.39 is 35.4 Å². The van der Waals surface area contributed by atoms with Crippen molar-refractivity contribution < 1.29 is 23.2 Å². The first kappa shape index (κ1) is 26.6. The molecule has 1 aliphatic heterocycles. The second-order valence-corrected chi connectivity index (χ2v) is 10.0. The first-order valence-corrected chi connectivity index (χ1v) is 12.1. The van der Waals surface area contributed by atoms with E-state index in [-0.39, 0.29) is 43.1 Å². The molecule has 2 atom stereocenters. The minimum absolute atomic E-state index is 0.0183. The number of para-hydroxylation sites is 1. The van der Waals surface area contributed by atoms with Crippen LogP contribution in [0.3, 0.4) is 0 Å². The van der Waals surface area contributed by atoms with Crippen LogP contribution in [0.1, 0.15) is 17.5 Å². The van der Waals surface area contributed by atoms with Crippen LogP contribution in [0.2, 0.25) is 5.02 Å². The van der Waals surface area contributed by atoms with Crippen molar-refractivity contribution in [2.75, 3.05) is 27.2 Å². The van der Waals surface area contributed by atoms with Crippen LogP contribution in [0.25, 0.3) is 10.9 Å². The third kappa shape index (κ3) is 5.60. The Morgan fingerprint density at radius 3 is 2.59 bits per heavy atom. The number of aromatic nitrogens is 1. The molecular formula is C26H28ClF2N5O3. The van der Waals surface area contributed by atoms with E-state index in [2.05, 4.69) is 5.32 Å². The number of halogens is 3. The van der Waals surface area contributed by atoms with E-state index in [4.69, 9.17) is 17.3 Å². The molecule has 11 heteroatoms. The lowest BCUT2D eigenvalue weighted by Gasteiger charge is -2.25. The Morgan fingerprint density at radius 2 is 1.89 bits per heavy atom. The standard InChI is InChI=1S/C26H28ClF2N5O3/c1-32(2)14-26(29)11-21(24(36)31-12-16-6-5-8-19(27)23(16)28)34(15-26)22(35)10-17-13-33(25(30)37)20-9-4-3-7-18(17)20/h3-9,13,21H,10-12,14-15H2,1-2H3,(H2,30,37)(H,31,36)/t21-,26-/m0/s1. The Labute approximate surface area is 217 Å². The van der Waals surface area contributed by atoms with Crippen molar-refractivity contribution in [3.05, 3.63) is 70.6 Å². The van der Waals surface area contributed by atoms with Gasteiger partial charge in [-0.15, -0.1) is 0 Å². The number of amides is 3. The number of alkyl halides is 1. The molecule has 196 valence electrons. The lowest BCUT2D eigenvalue weighted by atomic mass is 10.0. The quantitative estimate of drug-likeness (QED) is 0.489. The van der Waals surface area contributed by atoms with Crippen molar-refractivity contribution >= 4 is 40.3 Å². The molecule has 3 amide bonds. The number of primary amides is 1. The van der Waals surface area contributed by atoms with E-state index in [9.17, 15) is 18.8 Å². The second kappa shape index (κ2) is 10.5. The molecule has 2 heterocycles. The maximum absolute atomic E-state index is 15.8. The molecule has 0 radical (unpaired) electrons. The third-order valence-electron chi connectivity index (χ3n) is 6.47. The number of nitrogens with two attached hydrogens (primary N) is 1. The maximum atomic E-state index is 15.8. The lowest BCUT2D eigenvalue weighted by molar-refractivity contribution is -0.138. The fraction of sp³-hybridized carbons (Fsp3) is 0.346. The van der Waals surface area contributed by atoms with Gasteiger partial charge in [0.25, 0.3) is 0 Å². The SMILES string of the molecule is CN(C)C[C@@]1(F)C[C@@H](C(=O)NCc2cccc(Cl)c2F)N(C(=O)Cc2cn(C(N)=O)c3ccccc23)C1. The summed E-state index contributed by atoms with van der Waals surface area (Å²) in [6.07, 6.45) is 1.12. The molecule has 3 N–H and O–H groups in total. The molecule has 0 unspecified atom stereocenters. The summed E-state index contributed by atoms with van der Waals surface area (Å²) in [6, 6.07) is 9.63. The van der Waals surface area contributed by atoms with Crippen molar-refractivity contribution in [1.29, 1.82) is 0 Å². The number of benzene rings is 2. The average Bonchev–Trinajstić information content (AvgIpc) is 3.38. The van der Waals surface area contributed by atoms with E-state index >= 15 is 4.39 Å². The van der Waals surface area contributed by atoms with Gasteiger partial charge in [0.05, 0.1) is 23.5 Å². The Kier molecular flexibility index (Phi) is 7.52. The predicted molar refractivity (Wildman–Crippen MR) is 136 cm³/mol. The predicted octanol–water partition coefficient (Wildman–Crippen LogP) is 3.09. The minimum Gasteiger partial charge on any atom is -0.351 e. The van der Waals surface area contributed by atoms with E-state index in [1.54, 1.807) is 49.3 Å². The van der Waals surface area contributed by atoms with Crippen LogP contribution in [0.5, 0.6) is 0 Å². The van der Waals surface area contributed by atoms with E-state index in [0.29, 0.717) is 16.5 Å². The van der Waals surface area contributed by atoms with Gasteiger partial charge in [0.15, 0.2) is 0 Å². The summed E-state index contributed by atoms with van der Waals surface area (Å²) in [7, 11) is 3.42. The van der Waals surface area contributed by atoms with Gasteiger partial charge in [-0.1, -0.05) is 41.9 Å². The van der Waals surface area contributed by atoms with Gasteiger partial charge in [0.1, 0.15) is 17.5 Å². The highest BCUT2D eigenvalue weighted by Crippen LogP contribution is 2.33. The van der Waals surface area contributed by atoms with Crippen molar-refractivity contribution in [3.63, 3.8) is 0 Å². The normalized spacial score (nSPS) is 19.5. The molecule has 3 aromatic rings. The summed E-state index contributed by atoms with van der Waals surface area (Å²) in [5, 5.41) is 3.20. The number of nitrogens with one attached hydrogen (secondary N) is 1. The highest BCUT2D eigenvalue weighted by Gasteiger charge is 2.49. The number of carbonyl (C=O) groups excluding carboxylic acids is 3. The van der Waals surface area contributed by atoms with Crippen LogP contribution in [0.4, 0.5) is 13.6 Å². The largest absolute Gasteiger partial charge is 0.351 e. The first-order chi connectivity index (χ1) is 17.5. The molecule has 1 fully saturated rings. The highest BCUT2D eigenvalue weighted by molar-refractivity contribution is 6.30. The number of rotatable bonds is 7. The van der Waals surface area contributed by atoms with Gasteiger partial charge in [0.2, 0.25) is 11.8 Å². The topological polar surface area (TPSA) is 101 Å². The first-order valence-electron chi connectivity index (χ1n) is 11.7. The summed E-state index contributed by atoms with van der Waals surface area (Å²) in [4.78, 5) is 41.4. The van der Waals surface area contributed by atoms with Crippen LogP contribution in [-0.4, -0.2) is 71.1 Å². The number of hydrogen-bond acceptors (Lipinski definition) is 4. The van der Waals surface area contributed by atoms with Crippen molar-refractivity contribution in [3.8, 4) is 0 Å². The molecule has 1 aromatic heterocycles. The Hall–Kier alpha value is -3.50. The van der Waals surface area contributed by atoms with Crippen molar-refractivity contribution in [2.45, 2.75) is 31.1 Å². The summed E-state index contributed by atoms with van der Waals surface area (Å²) >= 11 is 5.82. The van der Waals surface area contributed by atoms with E-state index in [0.717, 1.165) is 0 Å². The number of likely N-dealkylation sites (tertiary alicyclic amines) is 1. The number of hydrogen-bond donors (Lipinski definition) is 2. The molecule has 1 saturated heterocycles. The molecule has 0 saturated carbocycles. The number of nitrogens with zero attached hydrogens (tertiary/aromatic N) is 3. The fourth-order valence-corrected chi connectivity index (χ4v) is 5.13. The lowest BCUT2D eigenvalue weighted by Crippen LogP contribution is -2.46. The van der Waals surface area contributed by atoms with Gasteiger partial charge < -0.3 is 20.9 Å². The van der Waals surface area contributed by atoms with Crippen molar-refractivity contribution in [2.24, 2.45) is 5.73 Å². The summed E-state index contributed by atoms with van der Waals surface area (Å²) in [5.74, 6) is -1.72. The van der Waals surface area contributed by atoms with Crippen LogP contribution in [0, 0.1) is 5.82 Å². The molecule has 0 spiro atoms. The zero-order chi connectivity index (χ0) is 26.9. The third-order valence-corrected chi connectivity index (χ3v) is 6.76. The van der Waals surface area contributed by atoms with E-state index in [1.165, 1.54) is 27.8 Å². The smallest absolute Gasteiger partial charge is 0.323 e. The highest BCUT2D eigenvalue weighted by atomic mass is 35.5. The molecule has 8 nitrogen and oxygen atoms in total. The Balaban J connectivity index is 1.58. The van der Waals surface area contributed by atoms with E-state index in [1.807, 2.05) is 0 Å². The summed E-state index contributed by atoms with van der Waals surface area (Å²) in [6.45, 7) is -0.421. The zero-order valence-corrected chi connectivity index (χ0v) is 21.3. The van der Waals surface area contributed by atoms with Gasteiger partial charge in [-0.2, -0.15) is 0 Å². The second-order valence-electron chi connectivity index (χ2n) is 9.62. The van der Waals surface area contributed by atoms with Gasteiger partial charge in [-0.05, 0) is 31.8 Å². The zero-order valence-electron chi connectivity index (χ0n) is 20.5. The Bertz CT molecular complexity index is 1360. The van der Waals surface area contributed by atoms with Crippen LogP contribution < -0.4 is 11.1 Å². The monoisotopic (exact) mass is 531 g/mol. The number of carbonyl (C=O) groups is 3. The van der Waals surface area contributed by atoms with Crippen molar-refractivity contribution in [1.82, 2.24) is 19.7 Å². The Morgan fingerprint density at radius 1 is 1.16 bits per heavy atom. The van der Waals surface area contributed by atoms with Gasteiger partial charge in [0, 0.05) is 36.7 Å². The molecule has 1 aliphatic rings. The fourth-order valence-electron chi connectivity index (χ4n) is 4.94.